The van der Waals surface area contributed by atoms with Crippen molar-refractivity contribution in [3.63, 3.8) is 0 Å². The van der Waals surface area contributed by atoms with Gasteiger partial charge in [-0.2, -0.15) is 0 Å². The molecule has 0 fully saturated rings. The van der Waals surface area contributed by atoms with E-state index in [1.54, 1.807) is 0 Å². The Bertz CT molecular complexity index is 2400. The third kappa shape index (κ3) is 3.78. The van der Waals surface area contributed by atoms with E-state index < -0.39 is 16.1 Å². The van der Waals surface area contributed by atoms with E-state index in [0.29, 0.717) is 0 Å². The van der Waals surface area contributed by atoms with Gasteiger partial charge >= 0.3 is 0 Å². The molecule has 0 amide bonds. The molecule has 8 aromatic carbocycles. The molecule has 0 saturated heterocycles. The number of fused-ring (bicyclic) bond motifs is 9. The van der Waals surface area contributed by atoms with Crippen molar-refractivity contribution in [2.24, 2.45) is 0 Å². The predicted molar refractivity (Wildman–Crippen MR) is 220 cm³/mol. The Morgan fingerprint density at radius 3 is 0.922 bits per heavy atom. The quantitative estimate of drug-likeness (QED) is 0.201. The van der Waals surface area contributed by atoms with Gasteiger partial charge in [-0.3, -0.25) is 0 Å². The molecule has 11 rings (SSSR count). The first-order valence-corrected chi connectivity index (χ1v) is 22.1. The second kappa shape index (κ2) is 10.8. The van der Waals surface area contributed by atoms with Gasteiger partial charge in [-0.05, 0) is 92.4 Å². The highest BCUT2D eigenvalue weighted by molar-refractivity contribution is 7.23. The van der Waals surface area contributed by atoms with E-state index in [-0.39, 0.29) is 0 Å². The summed E-state index contributed by atoms with van der Waals surface area (Å²) in [4.78, 5) is 0. The van der Waals surface area contributed by atoms with E-state index in [1.807, 2.05) is 0 Å². The zero-order chi connectivity index (χ0) is 33.6. The standard InChI is InChI=1S/C49H34Si2/c1-3-15-36(16-4-1)50(46-23-11-7-19-42(46)43-20-8-12-24-47(43)50)38-27-29-40-34(32-38)31-35-33-39(28-30-41(35)40)51(37-17-5-2-6-18-37)48-25-13-9-21-44(48)45-22-10-14-26-49(45)51/h1-30,32-33H,31H2. The maximum Gasteiger partial charge on any atom is 0.180 e. The van der Waals surface area contributed by atoms with Crippen LogP contribution in [0.5, 0.6) is 0 Å². The lowest BCUT2D eigenvalue weighted by Gasteiger charge is -2.31. The van der Waals surface area contributed by atoms with Crippen molar-refractivity contribution in [3.05, 3.63) is 205 Å². The Kier molecular flexibility index (Phi) is 6.16. The Labute approximate surface area is 301 Å². The van der Waals surface area contributed by atoms with Crippen molar-refractivity contribution >= 4 is 57.6 Å². The van der Waals surface area contributed by atoms with Gasteiger partial charge in [0, 0.05) is 0 Å². The van der Waals surface area contributed by atoms with E-state index in [1.165, 1.54) is 86.0 Å². The van der Waals surface area contributed by atoms with Crippen LogP contribution in [0.25, 0.3) is 33.4 Å². The molecule has 1 aliphatic carbocycles. The number of hydrogen-bond donors (Lipinski definition) is 0. The zero-order valence-corrected chi connectivity index (χ0v) is 30.2. The maximum absolute atomic E-state index is 2.59. The molecule has 2 aliphatic heterocycles. The van der Waals surface area contributed by atoms with Gasteiger partial charge in [0.2, 0.25) is 0 Å². The summed E-state index contributed by atoms with van der Waals surface area (Å²) in [7, 11) is -5.07. The van der Waals surface area contributed by atoms with Crippen LogP contribution in [-0.2, 0) is 6.42 Å². The molecule has 0 saturated carbocycles. The Morgan fingerprint density at radius 2 is 0.569 bits per heavy atom. The molecule has 0 unspecified atom stereocenters. The molecule has 0 atom stereocenters. The molecule has 0 aromatic heterocycles. The molecule has 8 aromatic rings. The first-order chi connectivity index (χ1) is 25.3. The van der Waals surface area contributed by atoms with E-state index in [4.69, 9.17) is 0 Å². The largest absolute Gasteiger partial charge is 0.180 e. The van der Waals surface area contributed by atoms with Crippen LogP contribution in [0.15, 0.2) is 194 Å². The molecular weight excluding hydrogens is 645 g/mol. The number of rotatable bonds is 4. The van der Waals surface area contributed by atoms with Crippen molar-refractivity contribution in [2.45, 2.75) is 6.42 Å². The fraction of sp³-hybridized carbons (Fsp3) is 0.0204. The number of hydrogen-bond acceptors (Lipinski definition) is 0. The Balaban J connectivity index is 1.10. The zero-order valence-electron chi connectivity index (χ0n) is 28.2. The maximum atomic E-state index is 2.59. The summed E-state index contributed by atoms with van der Waals surface area (Å²) >= 11 is 0. The molecule has 0 nitrogen and oxygen atoms in total. The molecule has 0 radical (unpaired) electrons. The van der Waals surface area contributed by atoms with Crippen molar-refractivity contribution < 1.29 is 0 Å². The van der Waals surface area contributed by atoms with Gasteiger partial charge < -0.3 is 0 Å². The Morgan fingerprint density at radius 1 is 0.255 bits per heavy atom. The van der Waals surface area contributed by atoms with Crippen LogP contribution in [-0.4, -0.2) is 16.1 Å². The lowest BCUT2D eigenvalue weighted by molar-refractivity contribution is 1.27. The minimum atomic E-state index is -2.53. The SMILES string of the molecule is c1ccc([Si]2(c3ccc4c(c3)Cc3cc([Si]5(c6ccccc6)c6ccccc6-c6ccccc65)ccc3-4)c3ccccc3-c3ccccc32)cc1. The van der Waals surface area contributed by atoms with Crippen LogP contribution in [0.1, 0.15) is 11.1 Å². The lowest BCUT2D eigenvalue weighted by atomic mass is 10.1. The fourth-order valence-electron chi connectivity index (χ4n) is 10.1. The minimum absolute atomic E-state index is 0.956. The summed E-state index contributed by atoms with van der Waals surface area (Å²) < 4.78 is 0. The van der Waals surface area contributed by atoms with Crippen LogP contribution in [0, 0.1) is 0 Å². The number of benzene rings is 8. The van der Waals surface area contributed by atoms with Gasteiger partial charge in [-0.25, -0.2) is 0 Å². The second-order valence-electron chi connectivity index (χ2n) is 14.3. The smallest absolute Gasteiger partial charge is 0.0623 e. The monoisotopic (exact) mass is 678 g/mol. The summed E-state index contributed by atoms with van der Waals surface area (Å²) in [5.74, 6) is 0. The van der Waals surface area contributed by atoms with Gasteiger partial charge in [0.15, 0.2) is 16.1 Å². The van der Waals surface area contributed by atoms with Gasteiger partial charge in [-0.15, -0.1) is 0 Å². The van der Waals surface area contributed by atoms with Crippen molar-refractivity contribution in [2.75, 3.05) is 0 Å². The van der Waals surface area contributed by atoms with Crippen molar-refractivity contribution in [3.8, 4) is 33.4 Å². The van der Waals surface area contributed by atoms with Gasteiger partial charge in [-0.1, -0.05) is 194 Å². The first-order valence-electron chi connectivity index (χ1n) is 18.1. The van der Waals surface area contributed by atoms with Crippen LogP contribution >= 0.6 is 0 Å². The molecule has 0 N–H and O–H groups in total. The average Bonchev–Trinajstić information content (AvgIpc) is 3.83. The summed E-state index contributed by atoms with van der Waals surface area (Å²) in [5, 5.41) is 11.9. The molecule has 51 heavy (non-hydrogen) atoms. The van der Waals surface area contributed by atoms with Crippen LogP contribution in [0.3, 0.4) is 0 Å². The fourth-order valence-corrected chi connectivity index (χ4v) is 20.5. The minimum Gasteiger partial charge on any atom is -0.0623 e. The summed E-state index contributed by atoms with van der Waals surface area (Å²) in [6, 6.07) is 74.5. The highest BCUT2D eigenvalue weighted by atomic mass is 28.3. The average molecular weight is 679 g/mol. The van der Waals surface area contributed by atoms with Gasteiger partial charge in [0.25, 0.3) is 0 Å². The summed E-state index contributed by atoms with van der Waals surface area (Å²) in [6.07, 6.45) is 0.956. The molecule has 0 spiro atoms. The van der Waals surface area contributed by atoms with Crippen molar-refractivity contribution in [1.29, 1.82) is 0 Å². The van der Waals surface area contributed by atoms with Gasteiger partial charge in [0.05, 0.1) is 0 Å². The van der Waals surface area contributed by atoms with E-state index in [0.717, 1.165) is 6.42 Å². The third-order valence-corrected chi connectivity index (χ3v) is 21.8. The van der Waals surface area contributed by atoms with E-state index in [9.17, 15) is 0 Å². The molecule has 3 aliphatic rings. The molecule has 238 valence electrons. The van der Waals surface area contributed by atoms with E-state index >= 15 is 0 Å². The van der Waals surface area contributed by atoms with Crippen LogP contribution in [0.4, 0.5) is 0 Å². The molecule has 2 heteroatoms. The highest BCUT2D eigenvalue weighted by Gasteiger charge is 2.50. The van der Waals surface area contributed by atoms with Crippen LogP contribution in [0.2, 0.25) is 0 Å². The molecule has 2 heterocycles. The summed E-state index contributed by atoms with van der Waals surface area (Å²) in [6.45, 7) is 0. The van der Waals surface area contributed by atoms with E-state index in [2.05, 4.69) is 194 Å². The molecule has 0 bridgehead atoms. The van der Waals surface area contributed by atoms with Crippen molar-refractivity contribution in [1.82, 2.24) is 0 Å². The topological polar surface area (TPSA) is 0 Å². The third-order valence-electron chi connectivity index (χ3n) is 12.1. The van der Waals surface area contributed by atoms with Crippen LogP contribution < -0.4 is 41.5 Å². The Hall–Kier alpha value is -5.81. The predicted octanol–water partition coefficient (Wildman–Crippen LogP) is 5.97. The van der Waals surface area contributed by atoms with Gasteiger partial charge in [0.1, 0.15) is 0 Å². The normalized spacial score (nSPS) is 14.9. The molecular formula is C49H34Si2. The second-order valence-corrected chi connectivity index (χ2v) is 21.8. The lowest BCUT2D eigenvalue weighted by Crippen LogP contribution is -2.72. The first kappa shape index (κ1) is 29.0. The highest BCUT2D eigenvalue weighted by Crippen LogP contribution is 2.38. The summed E-state index contributed by atoms with van der Waals surface area (Å²) in [5.41, 5.74) is 11.3.